The minimum atomic E-state index is 1.24. The van der Waals surface area contributed by atoms with Crippen molar-refractivity contribution in [1.29, 1.82) is 0 Å². The predicted molar refractivity (Wildman–Crippen MR) is 93.8 cm³/mol. The molecule has 0 radical (unpaired) electrons. The van der Waals surface area contributed by atoms with E-state index in [4.69, 9.17) is 0 Å². The average molecular weight is 268 g/mol. The van der Waals surface area contributed by atoms with Crippen LogP contribution in [0.2, 0.25) is 0 Å². The van der Waals surface area contributed by atoms with Gasteiger partial charge in [-0.05, 0) is 41.5 Å². The molecule has 0 heterocycles. The van der Waals surface area contributed by atoms with Crippen LogP contribution >= 0.6 is 0 Å². The largest absolute Gasteiger partial charge is 0.0764 e. The molecule has 0 atom stereocenters. The zero-order chi connectivity index (χ0) is 15.4. The lowest BCUT2D eigenvalue weighted by Crippen LogP contribution is -1.68. The van der Waals surface area contributed by atoms with Crippen molar-refractivity contribution in [3.05, 3.63) is 83.1 Å². The zero-order valence-electron chi connectivity index (χ0n) is 13.8. The topological polar surface area (TPSA) is 0 Å². The second kappa shape index (κ2) is 11.0. The molecule has 0 aromatic carbocycles. The molecule has 0 aliphatic heterocycles. The van der Waals surface area contributed by atoms with Gasteiger partial charge in [0.2, 0.25) is 0 Å². The molecule has 0 bridgehead atoms. The highest BCUT2D eigenvalue weighted by molar-refractivity contribution is 5.29. The monoisotopic (exact) mass is 268 g/mol. The Morgan fingerprint density at radius 3 is 1.10 bits per heavy atom. The van der Waals surface area contributed by atoms with Crippen molar-refractivity contribution in [3.8, 4) is 0 Å². The second-order valence-corrected chi connectivity index (χ2v) is 5.41. The summed E-state index contributed by atoms with van der Waals surface area (Å²) in [4.78, 5) is 0. The van der Waals surface area contributed by atoms with Gasteiger partial charge in [0.1, 0.15) is 0 Å². The quantitative estimate of drug-likeness (QED) is 0.484. The first-order chi connectivity index (χ1) is 9.41. The van der Waals surface area contributed by atoms with E-state index in [0.717, 1.165) is 0 Å². The van der Waals surface area contributed by atoms with Crippen LogP contribution in [0.25, 0.3) is 0 Å². The smallest absolute Gasteiger partial charge is 0.0398 e. The van der Waals surface area contributed by atoms with Crippen molar-refractivity contribution in [2.75, 3.05) is 0 Å². The van der Waals surface area contributed by atoms with Gasteiger partial charge in [0, 0.05) is 0 Å². The molecule has 0 nitrogen and oxygen atoms in total. The molecule has 0 aliphatic carbocycles. The summed E-state index contributed by atoms with van der Waals surface area (Å²) in [6.45, 7) is 12.6. The molecule has 0 aromatic rings. The van der Waals surface area contributed by atoms with E-state index in [1.165, 1.54) is 22.3 Å². The summed E-state index contributed by atoms with van der Waals surface area (Å²) in [5.74, 6) is 0. The molecule has 0 unspecified atom stereocenters. The van der Waals surface area contributed by atoms with Gasteiger partial charge >= 0.3 is 0 Å². The summed E-state index contributed by atoms with van der Waals surface area (Å²) in [6, 6.07) is 0. The van der Waals surface area contributed by atoms with Crippen molar-refractivity contribution in [2.24, 2.45) is 0 Å². The molecule has 0 saturated heterocycles. The van der Waals surface area contributed by atoms with Crippen LogP contribution in [0.4, 0.5) is 0 Å². The van der Waals surface area contributed by atoms with Crippen molar-refractivity contribution >= 4 is 0 Å². The van der Waals surface area contributed by atoms with Crippen molar-refractivity contribution in [3.63, 3.8) is 0 Å². The molecule has 0 N–H and O–H groups in total. The molecule has 0 aromatic heterocycles. The third kappa shape index (κ3) is 12.6. The van der Waals surface area contributed by atoms with E-state index in [0.29, 0.717) is 0 Å². The van der Waals surface area contributed by atoms with Gasteiger partial charge in [-0.2, -0.15) is 0 Å². The van der Waals surface area contributed by atoms with Crippen LogP contribution < -0.4 is 0 Å². The normalized spacial score (nSPS) is 13.5. The highest BCUT2D eigenvalue weighted by Crippen LogP contribution is 2.00. The third-order valence-corrected chi connectivity index (χ3v) is 2.41. The molecule has 108 valence electrons. The van der Waals surface area contributed by atoms with E-state index in [9.17, 15) is 0 Å². The Morgan fingerprint density at radius 1 is 0.450 bits per heavy atom. The maximum Gasteiger partial charge on any atom is -0.0398 e. The SMILES string of the molecule is CC(C)=C/C=C/C(C)=C/C=C/C=C(C)/C=C/C=C(C)C. The van der Waals surface area contributed by atoms with Crippen molar-refractivity contribution in [2.45, 2.75) is 41.5 Å². The molecule has 0 heteroatoms. The van der Waals surface area contributed by atoms with Gasteiger partial charge in [0.25, 0.3) is 0 Å². The van der Waals surface area contributed by atoms with E-state index in [-0.39, 0.29) is 0 Å². The first-order valence-electron chi connectivity index (χ1n) is 7.07. The lowest BCUT2D eigenvalue weighted by atomic mass is 10.2. The van der Waals surface area contributed by atoms with Crippen molar-refractivity contribution < 1.29 is 0 Å². The molecule has 0 saturated carbocycles. The summed E-state index contributed by atoms with van der Waals surface area (Å²) in [6.07, 6.45) is 21.0. The first-order valence-corrected chi connectivity index (χ1v) is 7.07. The van der Waals surface area contributed by atoms with Crippen LogP contribution in [0.1, 0.15) is 41.5 Å². The first kappa shape index (κ1) is 18.2. The lowest BCUT2D eigenvalue weighted by Gasteiger charge is -1.89. The fraction of sp³-hybridized carbons (Fsp3) is 0.300. The van der Waals surface area contributed by atoms with Crippen LogP contribution in [0.5, 0.6) is 0 Å². The fourth-order valence-electron chi connectivity index (χ4n) is 1.31. The molecule has 0 rings (SSSR count). The standard InChI is InChI=1S/C20H28/c1-17(2)11-9-15-19(5)13-7-8-14-20(6)16-10-12-18(3)4/h7-16H,1-6H3/b8-7+,15-9+,16-10+,19-13+,20-14+. The highest BCUT2D eigenvalue weighted by atomic mass is 13.9. The van der Waals surface area contributed by atoms with Crippen LogP contribution in [-0.2, 0) is 0 Å². The molecule has 0 spiro atoms. The van der Waals surface area contributed by atoms with Crippen LogP contribution in [-0.4, -0.2) is 0 Å². The van der Waals surface area contributed by atoms with E-state index in [1.54, 1.807) is 0 Å². The lowest BCUT2D eigenvalue weighted by molar-refractivity contribution is 1.39. The molecule has 0 aliphatic rings. The van der Waals surface area contributed by atoms with E-state index in [2.05, 4.69) is 102 Å². The van der Waals surface area contributed by atoms with Gasteiger partial charge < -0.3 is 0 Å². The summed E-state index contributed by atoms with van der Waals surface area (Å²) in [7, 11) is 0. The van der Waals surface area contributed by atoms with Gasteiger partial charge in [-0.15, -0.1) is 0 Å². The van der Waals surface area contributed by atoms with Gasteiger partial charge in [-0.3, -0.25) is 0 Å². The van der Waals surface area contributed by atoms with Crippen LogP contribution in [0.3, 0.4) is 0 Å². The van der Waals surface area contributed by atoms with Crippen LogP contribution in [0.15, 0.2) is 83.1 Å². The Kier molecular flexibility index (Phi) is 10.0. The average Bonchev–Trinajstić information content (AvgIpc) is 2.33. The molecule has 0 fully saturated rings. The molecule has 0 amide bonds. The predicted octanol–water partition coefficient (Wildman–Crippen LogP) is 6.48. The third-order valence-electron chi connectivity index (χ3n) is 2.41. The van der Waals surface area contributed by atoms with Crippen LogP contribution in [0, 0.1) is 0 Å². The summed E-state index contributed by atoms with van der Waals surface area (Å²) in [5, 5.41) is 0. The Balaban J connectivity index is 4.43. The maximum absolute atomic E-state index is 2.11. The number of hydrogen-bond donors (Lipinski definition) is 0. The minimum absolute atomic E-state index is 1.24. The summed E-state index contributed by atoms with van der Waals surface area (Å²) in [5.41, 5.74) is 5.10. The Hall–Kier alpha value is -1.82. The minimum Gasteiger partial charge on any atom is -0.0764 e. The number of allylic oxidation sites excluding steroid dienone is 14. The van der Waals surface area contributed by atoms with Gasteiger partial charge in [-0.1, -0.05) is 83.1 Å². The summed E-state index contributed by atoms with van der Waals surface area (Å²) < 4.78 is 0. The summed E-state index contributed by atoms with van der Waals surface area (Å²) >= 11 is 0. The van der Waals surface area contributed by atoms with Gasteiger partial charge in [-0.25, -0.2) is 0 Å². The Labute approximate surface area is 125 Å². The molecule has 20 heavy (non-hydrogen) atoms. The van der Waals surface area contributed by atoms with Gasteiger partial charge in [0.15, 0.2) is 0 Å². The van der Waals surface area contributed by atoms with Crippen molar-refractivity contribution in [1.82, 2.24) is 0 Å². The van der Waals surface area contributed by atoms with E-state index >= 15 is 0 Å². The Morgan fingerprint density at radius 2 is 0.800 bits per heavy atom. The second-order valence-electron chi connectivity index (χ2n) is 5.41. The molecular formula is C20H28. The van der Waals surface area contributed by atoms with Gasteiger partial charge in [0.05, 0.1) is 0 Å². The maximum atomic E-state index is 2.11. The van der Waals surface area contributed by atoms with E-state index < -0.39 is 0 Å². The number of rotatable bonds is 6. The molecular weight excluding hydrogens is 240 g/mol. The zero-order valence-corrected chi connectivity index (χ0v) is 13.8. The van der Waals surface area contributed by atoms with E-state index in [1.807, 2.05) is 0 Å². The highest BCUT2D eigenvalue weighted by Gasteiger charge is 1.79. The number of hydrogen-bond acceptors (Lipinski definition) is 0. The fourth-order valence-corrected chi connectivity index (χ4v) is 1.31. The Bertz CT molecular complexity index is 432.